The predicted molar refractivity (Wildman–Crippen MR) is 99.8 cm³/mol. The third-order valence-corrected chi connectivity index (χ3v) is 7.83. The van der Waals surface area contributed by atoms with E-state index in [9.17, 15) is 8.42 Å². The Balaban J connectivity index is 1.72. The van der Waals surface area contributed by atoms with Crippen molar-refractivity contribution in [3.8, 4) is 0 Å². The largest absolute Gasteiger partial charge is 0.296 e. The predicted octanol–water partition coefficient (Wildman–Crippen LogP) is 4.21. The Morgan fingerprint density at radius 3 is 2.29 bits per heavy atom. The molecule has 0 N–H and O–H groups in total. The van der Waals surface area contributed by atoms with Crippen LogP contribution in [0.2, 0.25) is 15.1 Å². The maximum absolute atomic E-state index is 12.8. The summed E-state index contributed by atoms with van der Waals surface area (Å²) in [5, 5.41) is 2.55. The van der Waals surface area contributed by atoms with Gasteiger partial charge in [0.1, 0.15) is 4.90 Å². The molecule has 130 valence electrons. The molecule has 1 aromatic heterocycles. The van der Waals surface area contributed by atoms with E-state index in [0.29, 0.717) is 26.2 Å². The average Bonchev–Trinajstić information content (AvgIpc) is 3.04. The molecular weight excluding hydrogens is 411 g/mol. The summed E-state index contributed by atoms with van der Waals surface area (Å²) in [6.07, 6.45) is 0. The highest BCUT2D eigenvalue weighted by atomic mass is 35.5. The Kier molecular flexibility index (Phi) is 5.76. The van der Waals surface area contributed by atoms with Gasteiger partial charge in [-0.3, -0.25) is 4.90 Å². The van der Waals surface area contributed by atoms with Crippen molar-refractivity contribution >= 4 is 56.2 Å². The molecule has 0 saturated carbocycles. The number of benzene rings is 1. The number of hydrogen-bond acceptors (Lipinski definition) is 4. The molecule has 0 radical (unpaired) electrons. The first-order valence-corrected chi connectivity index (χ1v) is 10.7. The van der Waals surface area contributed by atoms with Crippen LogP contribution in [0.1, 0.15) is 4.88 Å². The van der Waals surface area contributed by atoms with Gasteiger partial charge in [-0.1, -0.05) is 40.9 Å². The number of nitrogens with zero attached hydrogens (tertiary/aromatic N) is 2. The fourth-order valence-electron chi connectivity index (χ4n) is 2.59. The summed E-state index contributed by atoms with van der Waals surface area (Å²) in [7, 11) is -3.68. The van der Waals surface area contributed by atoms with Crippen LogP contribution in [0.15, 0.2) is 34.5 Å². The van der Waals surface area contributed by atoms with E-state index in [-0.39, 0.29) is 20.0 Å². The van der Waals surface area contributed by atoms with Gasteiger partial charge in [0.25, 0.3) is 0 Å². The van der Waals surface area contributed by atoms with Gasteiger partial charge in [-0.25, -0.2) is 8.42 Å². The molecule has 9 heteroatoms. The minimum Gasteiger partial charge on any atom is -0.296 e. The van der Waals surface area contributed by atoms with Gasteiger partial charge < -0.3 is 0 Å². The third kappa shape index (κ3) is 3.90. The quantitative estimate of drug-likeness (QED) is 0.689. The van der Waals surface area contributed by atoms with Crippen LogP contribution in [-0.2, 0) is 16.6 Å². The van der Waals surface area contributed by atoms with Crippen molar-refractivity contribution in [2.45, 2.75) is 11.4 Å². The SMILES string of the molecule is O=S(=O)(c1cc(Cl)c(Cl)cc1Cl)N1CCN(Cc2cccs2)CC1. The van der Waals surface area contributed by atoms with Crippen molar-refractivity contribution in [3.05, 3.63) is 49.6 Å². The fourth-order valence-corrected chi connectivity index (χ4v) is 5.74. The first-order chi connectivity index (χ1) is 11.4. The van der Waals surface area contributed by atoms with Crippen molar-refractivity contribution in [1.29, 1.82) is 0 Å². The Hall–Kier alpha value is -0.340. The molecular formula is C15H15Cl3N2O2S2. The van der Waals surface area contributed by atoms with Gasteiger partial charge in [0.2, 0.25) is 10.0 Å². The zero-order valence-electron chi connectivity index (χ0n) is 12.6. The summed E-state index contributed by atoms with van der Waals surface area (Å²) < 4.78 is 27.1. The van der Waals surface area contributed by atoms with Crippen molar-refractivity contribution in [1.82, 2.24) is 9.21 Å². The standard InChI is InChI=1S/C15H15Cl3N2O2S2/c16-12-8-14(18)15(9-13(12)17)24(21,22)20-5-3-19(4-6-20)10-11-2-1-7-23-11/h1-2,7-9H,3-6,10H2. The summed E-state index contributed by atoms with van der Waals surface area (Å²) in [5.41, 5.74) is 0. The topological polar surface area (TPSA) is 40.6 Å². The zero-order valence-corrected chi connectivity index (χ0v) is 16.5. The second kappa shape index (κ2) is 7.50. The lowest BCUT2D eigenvalue weighted by Gasteiger charge is -2.33. The minimum absolute atomic E-state index is 0.00488. The number of thiophene rings is 1. The van der Waals surface area contributed by atoms with E-state index < -0.39 is 10.0 Å². The molecule has 0 spiro atoms. The van der Waals surface area contributed by atoms with Gasteiger partial charge in [0.05, 0.1) is 15.1 Å². The Labute approximate surface area is 160 Å². The van der Waals surface area contributed by atoms with Crippen molar-refractivity contribution in [3.63, 3.8) is 0 Å². The Morgan fingerprint density at radius 1 is 1.00 bits per heavy atom. The lowest BCUT2D eigenvalue weighted by molar-refractivity contribution is 0.183. The molecule has 1 aliphatic heterocycles. The highest BCUT2D eigenvalue weighted by molar-refractivity contribution is 7.89. The minimum atomic E-state index is -3.68. The third-order valence-electron chi connectivity index (χ3n) is 3.88. The first-order valence-electron chi connectivity index (χ1n) is 7.27. The monoisotopic (exact) mass is 424 g/mol. The molecule has 1 saturated heterocycles. The molecule has 0 amide bonds. The van der Waals surface area contributed by atoms with Crippen LogP contribution in [0, 0.1) is 0 Å². The van der Waals surface area contributed by atoms with E-state index in [1.54, 1.807) is 11.3 Å². The summed E-state index contributed by atoms with van der Waals surface area (Å²) in [4.78, 5) is 3.53. The highest BCUT2D eigenvalue weighted by Gasteiger charge is 2.30. The number of halogens is 3. The van der Waals surface area contributed by atoms with E-state index in [4.69, 9.17) is 34.8 Å². The van der Waals surface area contributed by atoms with Crippen molar-refractivity contribution in [2.75, 3.05) is 26.2 Å². The molecule has 4 nitrogen and oxygen atoms in total. The van der Waals surface area contributed by atoms with Gasteiger partial charge in [-0.2, -0.15) is 4.31 Å². The van der Waals surface area contributed by atoms with Gasteiger partial charge in [-0.05, 0) is 23.6 Å². The van der Waals surface area contributed by atoms with Crippen LogP contribution >= 0.6 is 46.1 Å². The molecule has 0 unspecified atom stereocenters. The number of sulfonamides is 1. The highest BCUT2D eigenvalue weighted by Crippen LogP contribution is 2.33. The molecule has 1 aromatic carbocycles. The maximum atomic E-state index is 12.8. The van der Waals surface area contributed by atoms with E-state index in [2.05, 4.69) is 11.0 Å². The molecule has 1 fully saturated rings. The molecule has 24 heavy (non-hydrogen) atoms. The number of rotatable bonds is 4. The molecule has 2 aromatic rings. The van der Waals surface area contributed by atoms with Crippen LogP contribution in [-0.4, -0.2) is 43.8 Å². The van der Waals surface area contributed by atoms with Crippen LogP contribution in [0.4, 0.5) is 0 Å². The van der Waals surface area contributed by atoms with Gasteiger partial charge >= 0.3 is 0 Å². The van der Waals surface area contributed by atoms with Crippen LogP contribution in [0.3, 0.4) is 0 Å². The van der Waals surface area contributed by atoms with Crippen LogP contribution in [0.5, 0.6) is 0 Å². The van der Waals surface area contributed by atoms with Crippen molar-refractivity contribution in [2.24, 2.45) is 0 Å². The summed E-state index contributed by atoms with van der Waals surface area (Å²) in [6, 6.07) is 6.79. The zero-order chi connectivity index (χ0) is 17.3. The maximum Gasteiger partial charge on any atom is 0.244 e. The van der Waals surface area contributed by atoms with Crippen LogP contribution in [0.25, 0.3) is 0 Å². The molecule has 1 aliphatic rings. The lowest BCUT2D eigenvalue weighted by Crippen LogP contribution is -2.48. The van der Waals surface area contributed by atoms with E-state index >= 15 is 0 Å². The van der Waals surface area contributed by atoms with Crippen LogP contribution < -0.4 is 0 Å². The van der Waals surface area contributed by atoms with Crippen molar-refractivity contribution < 1.29 is 8.42 Å². The normalized spacial score (nSPS) is 17.3. The summed E-state index contributed by atoms with van der Waals surface area (Å²) in [5.74, 6) is 0. The van der Waals surface area contributed by atoms with Gasteiger partial charge in [-0.15, -0.1) is 11.3 Å². The van der Waals surface area contributed by atoms with E-state index in [1.807, 2.05) is 11.4 Å². The Morgan fingerprint density at radius 2 is 1.67 bits per heavy atom. The Bertz CT molecular complexity index is 817. The second-order valence-corrected chi connectivity index (χ2v) is 9.62. The van der Waals surface area contributed by atoms with E-state index in [0.717, 1.165) is 6.54 Å². The average molecular weight is 426 g/mol. The second-order valence-electron chi connectivity index (χ2n) is 5.46. The summed E-state index contributed by atoms with van der Waals surface area (Å²) in [6.45, 7) is 3.04. The summed E-state index contributed by atoms with van der Waals surface area (Å²) >= 11 is 19.6. The molecule has 0 bridgehead atoms. The smallest absolute Gasteiger partial charge is 0.244 e. The molecule has 3 rings (SSSR count). The molecule has 0 atom stereocenters. The first kappa shape index (κ1) is 18.5. The van der Waals surface area contributed by atoms with Gasteiger partial charge in [0, 0.05) is 37.6 Å². The number of piperazine rings is 1. The molecule has 2 heterocycles. The molecule has 0 aliphatic carbocycles. The van der Waals surface area contributed by atoms with E-state index in [1.165, 1.54) is 21.3 Å². The van der Waals surface area contributed by atoms with Gasteiger partial charge in [0.15, 0.2) is 0 Å². The lowest BCUT2D eigenvalue weighted by atomic mass is 10.3. The number of hydrogen-bond donors (Lipinski definition) is 0. The fraction of sp³-hybridized carbons (Fsp3) is 0.333.